The van der Waals surface area contributed by atoms with Gasteiger partial charge in [-0.15, -0.1) is 13.2 Å². The van der Waals surface area contributed by atoms with Crippen molar-refractivity contribution in [3.05, 3.63) is 55.6 Å². The number of hydrogen-bond donors (Lipinski definition) is 1. The molecule has 1 aromatic rings. The van der Waals surface area contributed by atoms with Crippen LogP contribution in [-0.2, 0) is 19.1 Å². The number of unbranched alkanes of at least 4 members (excludes halogenated alkanes) is 1. The maximum absolute atomic E-state index is 14.4. The quantitative estimate of drug-likeness (QED) is 0.390. The van der Waals surface area contributed by atoms with Gasteiger partial charge in [0, 0.05) is 25.3 Å². The van der Waals surface area contributed by atoms with Crippen molar-refractivity contribution in [2.24, 2.45) is 17.8 Å². The van der Waals surface area contributed by atoms with Gasteiger partial charge in [0.25, 0.3) is 0 Å². The third kappa shape index (κ3) is 4.93. The van der Waals surface area contributed by atoms with E-state index >= 15 is 0 Å². The molecule has 3 amide bonds. The van der Waals surface area contributed by atoms with E-state index in [1.54, 1.807) is 26.9 Å². The lowest BCUT2D eigenvalue weighted by molar-refractivity contribution is -0.152. The average Bonchev–Trinajstić information content (AvgIpc) is 3.57. The Balaban J connectivity index is 1.78. The second kappa shape index (κ2) is 12.0. The zero-order valence-corrected chi connectivity index (χ0v) is 23.5. The highest BCUT2D eigenvalue weighted by atomic mass is 16.5. The number of aliphatic hydroxyl groups is 1. The van der Waals surface area contributed by atoms with Crippen LogP contribution in [0.1, 0.15) is 46.5 Å². The summed E-state index contributed by atoms with van der Waals surface area (Å²) in [6, 6.07) is 7.88. The number of para-hydroxylation sites is 1. The Hall–Kier alpha value is -2.97. The Labute approximate surface area is 232 Å². The summed E-state index contributed by atoms with van der Waals surface area (Å²) in [6.45, 7) is 14.5. The van der Waals surface area contributed by atoms with Crippen molar-refractivity contribution < 1.29 is 24.2 Å². The number of amides is 3. The Kier molecular flexibility index (Phi) is 8.96. The summed E-state index contributed by atoms with van der Waals surface area (Å²) in [5.74, 6) is -2.28. The van der Waals surface area contributed by atoms with Crippen molar-refractivity contribution in [3.63, 3.8) is 0 Å². The molecule has 3 aliphatic heterocycles. The lowest BCUT2D eigenvalue weighted by atomic mass is 9.70. The van der Waals surface area contributed by atoms with Gasteiger partial charge >= 0.3 is 0 Å². The molecule has 3 saturated heterocycles. The number of carbonyl (C=O) groups is 3. The first-order valence-electron chi connectivity index (χ1n) is 14.2. The first-order chi connectivity index (χ1) is 18.8. The van der Waals surface area contributed by atoms with Crippen LogP contribution in [0.4, 0.5) is 5.69 Å². The third-order valence-electron chi connectivity index (χ3n) is 8.66. The summed E-state index contributed by atoms with van der Waals surface area (Å²) >= 11 is 0. The van der Waals surface area contributed by atoms with E-state index in [1.165, 1.54) is 0 Å². The fourth-order valence-electron chi connectivity index (χ4n) is 6.84. The minimum atomic E-state index is -1.11. The van der Waals surface area contributed by atoms with Gasteiger partial charge in [0.15, 0.2) is 0 Å². The molecular weight excluding hydrogens is 494 g/mol. The SMILES string of the molecule is C=CCN(CCCC)C(=O)C1N([C@@H](CO)C(C)C)C(=O)[C@@H]2[C@H](C(=O)N(CC=C)c3ccccc3)[C@@H]3CCC12O3. The van der Waals surface area contributed by atoms with Gasteiger partial charge in [-0.3, -0.25) is 14.4 Å². The molecule has 212 valence electrons. The zero-order chi connectivity index (χ0) is 28.3. The third-order valence-corrected chi connectivity index (χ3v) is 8.66. The van der Waals surface area contributed by atoms with Crippen molar-refractivity contribution in [1.29, 1.82) is 0 Å². The van der Waals surface area contributed by atoms with Crippen molar-refractivity contribution in [3.8, 4) is 0 Å². The Bertz CT molecular complexity index is 1080. The fraction of sp³-hybridized carbons (Fsp3) is 0.581. The van der Waals surface area contributed by atoms with Gasteiger partial charge in [-0.25, -0.2) is 0 Å². The molecule has 39 heavy (non-hydrogen) atoms. The molecule has 8 nitrogen and oxygen atoms in total. The molecule has 1 N–H and O–H groups in total. The van der Waals surface area contributed by atoms with E-state index in [0.717, 1.165) is 18.5 Å². The number of nitrogens with zero attached hydrogens (tertiary/aromatic N) is 3. The topological polar surface area (TPSA) is 90.4 Å². The molecule has 8 heteroatoms. The number of ether oxygens (including phenoxy) is 1. The average molecular weight is 538 g/mol. The zero-order valence-electron chi connectivity index (χ0n) is 23.5. The summed E-state index contributed by atoms with van der Waals surface area (Å²) in [5.41, 5.74) is -0.384. The first kappa shape index (κ1) is 29.0. The van der Waals surface area contributed by atoms with E-state index in [-0.39, 0.29) is 30.2 Å². The van der Waals surface area contributed by atoms with Gasteiger partial charge in [-0.1, -0.05) is 57.5 Å². The second-order valence-electron chi connectivity index (χ2n) is 11.3. The van der Waals surface area contributed by atoms with Crippen molar-refractivity contribution >= 4 is 23.4 Å². The summed E-state index contributed by atoms with van der Waals surface area (Å²) < 4.78 is 6.63. The highest BCUT2D eigenvalue weighted by Crippen LogP contribution is 2.59. The van der Waals surface area contributed by atoms with E-state index in [0.29, 0.717) is 32.5 Å². The van der Waals surface area contributed by atoms with Gasteiger partial charge in [-0.2, -0.15) is 0 Å². The molecule has 0 radical (unpaired) electrons. The van der Waals surface area contributed by atoms with Crippen LogP contribution in [0.5, 0.6) is 0 Å². The molecule has 1 aromatic carbocycles. The molecule has 0 saturated carbocycles. The Morgan fingerprint density at radius 2 is 1.87 bits per heavy atom. The van der Waals surface area contributed by atoms with Crippen LogP contribution < -0.4 is 4.90 Å². The molecule has 3 aliphatic rings. The number of benzene rings is 1. The van der Waals surface area contributed by atoms with Crippen LogP contribution in [0.15, 0.2) is 55.6 Å². The number of fused-ring (bicyclic) bond motifs is 1. The highest BCUT2D eigenvalue weighted by Gasteiger charge is 2.75. The number of rotatable bonds is 13. The van der Waals surface area contributed by atoms with Crippen LogP contribution in [0.3, 0.4) is 0 Å². The Morgan fingerprint density at radius 1 is 1.18 bits per heavy atom. The molecule has 0 aliphatic carbocycles. The van der Waals surface area contributed by atoms with Gasteiger partial charge in [0.1, 0.15) is 11.6 Å². The minimum absolute atomic E-state index is 0.0964. The van der Waals surface area contributed by atoms with Crippen LogP contribution in [0.25, 0.3) is 0 Å². The van der Waals surface area contributed by atoms with Gasteiger partial charge in [0.05, 0.1) is 30.6 Å². The normalized spacial score (nSPS) is 27.9. The lowest BCUT2D eigenvalue weighted by Crippen LogP contribution is -2.59. The van der Waals surface area contributed by atoms with E-state index in [4.69, 9.17) is 4.74 Å². The number of carbonyl (C=O) groups excluding carboxylic acids is 3. The molecule has 2 bridgehead atoms. The Morgan fingerprint density at radius 3 is 2.46 bits per heavy atom. The molecule has 0 aromatic heterocycles. The number of hydrogen-bond acceptors (Lipinski definition) is 5. The summed E-state index contributed by atoms with van der Waals surface area (Å²) in [7, 11) is 0. The van der Waals surface area contributed by atoms with Crippen LogP contribution in [0, 0.1) is 17.8 Å². The smallest absolute Gasteiger partial charge is 0.248 e. The highest BCUT2D eigenvalue weighted by molar-refractivity contribution is 6.03. The second-order valence-corrected chi connectivity index (χ2v) is 11.3. The van der Waals surface area contributed by atoms with Gasteiger partial charge < -0.3 is 24.5 Å². The fourth-order valence-corrected chi connectivity index (χ4v) is 6.84. The van der Waals surface area contributed by atoms with Crippen LogP contribution >= 0.6 is 0 Å². The molecule has 3 heterocycles. The van der Waals surface area contributed by atoms with Gasteiger partial charge in [-0.05, 0) is 37.3 Å². The molecule has 3 fully saturated rings. The van der Waals surface area contributed by atoms with E-state index < -0.39 is 35.6 Å². The predicted octanol–water partition coefficient (Wildman–Crippen LogP) is 3.41. The maximum Gasteiger partial charge on any atom is 0.248 e. The number of anilines is 1. The van der Waals surface area contributed by atoms with Crippen molar-refractivity contribution in [2.75, 3.05) is 31.1 Å². The lowest BCUT2D eigenvalue weighted by Gasteiger charge is -2.40. The molecule has 1 spiro atoms. The molecular formula is C31H43N3O5. The predicted molar refractivity (Wildman–Crippen MR) is 151 cm³/mol. The summed E-state index contributed by atoms with van der Waals surface area (Å²) in [4.78, 5) is 47.9. The van der Waals surface area contributed by atoms with Crippen LogP contribution in [-0.4, -0.2) is 82.7 Å². The van der Waals surface area contributed by atoms with Crippen LogP contribution in [0.2, 0.25) is 0 Å². The minimum Gasteiger partial charge on any atom is -0.394 e. The summed E-state index contributed by atoms with van der Waals surface area (Å²) in [6.07, 6.45) is 5.77. The van der Waals surface area contributed by atoms with E-state index in [1.807, 2.05) is 44.2 Å². The number of aliphatic hydroxyl groups excluding tert-OH is 1. The molecule has 4 rings (SSSR count). The maximum atomic E-state index is 14.4. The monoisotopic (exact) mass is 537 g/mol. The molecule has 2 unspecified atom stereocenters. The van der Waals surface area contributed by atoms with Crippen molar-refractivity contribution in [2.45, 2.75) is 70.2 Å². The first-order valence-corrected chi connectivity index (χ1v) is 14.2. The standard InChI is InChI=1S/C31H43N3O5/c1-6-9-19-32(17-7-2)30(38)27-31-16-15-24(39-31)25(26(31)29(37)34(27)23(20-35)21(4)5)28(36)33(18-8-3)22-13-11-10-12-14-22/h7-8,10-14,21,23-27,35H,2-3,6,9,15-20H2,1,4-5H3/t23-,24-,25+,26-,27?,31?/m0/s1. The van der Waals surface area contributed by atoms with E-state index in [2.05, 4.69) is 20.1 Å². The number of likely N-dealkylation sites (tertiary alicyclic amines) is 1. The van der Waals surface area contributed by atoms with Crippen molar-refractivity contribution in [1.82, 2.24) is 9.80 Å². The summed E-state index contributed by atoms with van der Waals surface area (Å²) in [5, 5.41) is 10.4. The molecule has 6 atom stereocenters. The largest absolute Gasteiger partial charge is 0.394 e. The van der Waals surface area contributed by atoms with E-state index in [9.17, 15) is 19.5 Å². The van der Waals surface area contributed by atoms with Gasteiger partial charge in [0.2, 0.25) is 17.7 Å².